The number of rotatable bonds is 0. The number of halogens is 2. The second-order valence-corrected chi connectivity index (χ2v) is 4.11. The summed E-state index contributed by atoms with van der Waals surface area (Å²) in [7, 11) is 0. The molecule has 3 nitrogen and oxygen atoms in total. The highest BCUT2D eigenvalue weighted by molar-refractivity contribution is 9.10. The predicted octanol–water partition coefficient (Wildman–Crippen LogP) is 2.56. The molecule has 0 aromatic carbocycles. The highest BCUT2D eigenvalue weighted by Gasteiger charge is 2.03. The van der Waals surface area contributed by atoms with Crippen molar-refractivity contribution in [1.29, 1.82) is 0 Å². The summed E-state index contributed by atoms with van der Waals surface area (Å²) in [4.78, 5) is 4.25. The van der Waals surface area contributed by atoms with E-state index in [1.54, 1.807) is 4.52 Å². The molecule has 2 heterocycles. The predicted molar refractivity (Wildman–Crippen MR) is 53.1 cm³/mol. The lowest BCUT2D eigenvalue weighted by atomic mass is 10.3. The molecule has 0 aliphatic heterocycles. The van der Waals surface area contributed by atoms with Crippen LogP contribution in [-0.4, -0.2) is 14.6 Å². The Morgan fingerprint density at radius 2 is 2.08 bits per heavy atom. The third-order valence-corrected chi connectivity index (χ3v) is 2.32. The smallest absolute Gasteiger partial charge is 0.157 e. The normalized spacial score (nSPS) is 10.9. The summed E-state index contributed by atoms with van der Waals surface area (Å²) in [5, 5.41) is 4.20. The molecule has 0 aliphatic rings. The van der Waals surface area contributed by atoms with Crippen LogP contribution >= 0.6 is 31.9 Å². The quantitative estimate of drug-likeness (QED) is 0.746. The average molecular weight is 291 g/mol. The monoisotopic (exact) mass is 289 g/mol. The number of hydrogen-bond acceptors (Lipinski definition) is 2. The van der Waals surface area contributed by atoms with E-state index >= 15 is 0 Å². The number of fused-ring (bicyclic) bond motifs is 1. The zero-order valence-corrected chi connectivity index (χ0v) is 9.42. The molecule has 0 unspecified atom stereocenters. The SMILES string of the molecule is Cc1cc(Br)nn2cc(Br)nc12. The molecule has 62 valence electrons. The summed E-state index contributed by atoms with van der Waals surface area (Å²) in [5.41, 5.74) is 1.98. The minimum Gasteiger partial charge on any atom is -0.220 e. The number of aromatic nitrogens is 3. The van der Waals surface area contributed by atoms with E-state index < -0.39 is 0 Å². The molecule has 0 bridgehead atoms. The van der Waals surface area contributed by atoms with Crippen molar-refractivity contribution in [3.63, 3.8) is 0 Å². The van der Waals surface area contributed by atoms with Crippen molar-refractivity contribution in [2.24, 2.45) is 0 Å². The summed E-state index contributed by atoms with van der Waals surface area (Å²) in [6.45, 7) is 2.00. The highest BCUT2D eigenvalue weighted by atomic mass is 79.9. The molecule has 0 atom stereocenters. The van der Waals surface area contributed by atoms with Crippen LogP contribution in [0, 0.1) is 6.92 Å². The van der Waals surface area contributed by atoms with Crippen LogP contribution in [0.25, 0.3) is 5.65 Å². The van der Waals surface area contributed by atoms with Crippen molar-refractivity contribution in [1.82, 2.24) is 14.6 Å². The number of hydrogen-bond donors (Lipinski definition) is 0. The minimum atomic E-state index is 0.802. The lowest BCUT2D eigenvalue weighted by Crippen LogP contribution is -1.92. The molecule has 0 aliphatic carbocycles. The van der Waals surface area contributed by atoms with Gasteiger partial charge in [0, 0.05) is 0 Å². The maximum atomic E-state index is 4.25. The molecule has 5 heteroatoms. The van der Waals surface area contributed by atoms with E-state index in [2.05, 4.69) is 41.9 Å². The van der Waals surface area contributed by atoms with Gasteiger partial charge in [-0.25, -0.2) is 9.50 Å². The molecular weight excluding hydrogens is 286 g/mol. The summed E-state index contributed by atoms with van der Waals surface area (Å²) in [6.07, 6.45) is 1.83. The summed E-state index contributed by atoms with van der Waals surface area (Å²) in [6, 6.07) is 1.94. The van der Waals surface area contributed by atoms with Gasteiger partial charge in [-0.2, -0.15) is 5.10 Å². The van der Waals surface area contributed by atoms with Gasteiger partial charge < -0.3 is 0 Å². The molecule has 0 fully saturated rings. The van der Waals surface area contributed by atoms with Crippen LogP contribution in [0.4, 0.5) is 0 Å². The Bertz CT molecular complexity index is 435. The van der Waals surface area contributed by atoms with Crippen LogP contribution in [0.1, 0.15) is 5.56 Å². The Kier molecular flexibility index (Phi) is 1.92. The average Bonchev–Trinajstić information content (AvgIpc) is 2.29. The van der Waals surface area contributed by atoms with Crippen LogP contribution in [-0.2, 0) is 0 Å². The van der Waals surface area contributed by atoms with Gasteiger partial charge in [0.1, 0.15) is 9.21 Å². The van der Waals surface area contributed by atoms with E-state index in [0.29, 0.717) is 0 Å². The Morgan fingerprint density at radius 1 is 1.33 bits per heavy atom. The van der Waals surface area contributed by atoms with Gasteiger partial charge in [-0.05, 0) is 50.4 Å². The van der Waals surface area contributed by atoms with E-state index in [9.17, 15) is 0 Å². The molecule has 0 saturated heterocycles. The molecular formula is C7H5Br2N3. The maximum absolute atomic E-state index is 4.25. The molecule has 2 aromatic rings. The first kappa shape index (κ1) is 8.19. The van der Waals surface area contributed by atoms with E-state index in [4.69, 9.17) is 0 Å². The second kappa shape index (κ2) is 2.81. The van der Waals surface area contributed by atoms with E-state index in [0.717, 1.165) is 20.4 Å². The summed E-state index contributed by atoms with van der Waals surface area (Å²) >= 11 is 6.61. The van der Waals surface area contributed by atoms with Gasteiger partial charge in [-0.15, -0.1) is 0 Å². The molecule has 0 radical (unpaired) electrons. The van der Waals surface area contributed by atoms with Crippen LogP contribution < -0.4 is 0 Å². The highest BCUT2D eigenvalue weighted by Crippen LogP contribution is 2.16. The molecule has 0 spiro atoms. The van der Waals surface area contributed by atoms with Crippen LogP contribution in [0.5, 0.6) is 0 Å². The first-order valence-corrected chi connectivity index (χ1v) is 4.93. The number of imidazole rings is 1. The minimum absolute atomic E-state index is 0.802. The third-order valence-electron chi connectivity index (χ3n) is 1.55. The molecule has 0 amide bonds. The van der Waals surface area contributed by atoms with Crippen LogP contribution in [0.2, 0.25) is 0 Å². The molecule has 0 N–H and O–H groups in total. The Balaban J connectivity index is 2.88. The van der Waals surface area contributed by atoms with Crippen LogP contribution in [0.3, 0.4) is 0 Å². The lowest BCUT2D eigenvalue weighted by molar-refractivity contribution is 0.908. The van der Waals surface area contributed by atoms with Crippen LogP contribution in [0.15, 0.2) is 21.5 Å². The lowest BCUT2D eigenvalue weighted by Gasteiger charge is -1.96. The fourth-order valence-electron chi connectivity index (χ4n) is 1.06. The first-order chi connectivity index (χ1) is 5.66. The Morgan fingerprint density at radius 3 is 2.83 bits per heavy atom. The van der Waals surface area contributed by atoms with Crippen molar-refractivity contribution in [2.75, 3.05) is 0 Å². The second-order valence-electron chi connectivity index (χ2n) is 2.48. The van der Waals surface area contributed by atoms with Crippen molar-refractivity contribution >= 4 is 37.5 Å². The third kappa shape index (κ3) is 1.27. The molecule has 2 rings (SSSR count). The largest absolute Gasteiger partial charge is 0.220 e. The first-order valence-electron chi connectivity index (χ1n) is 3.35. The Hall–Kier alpha value is -0.420. The molecule has 0 saturated carbocycles. The maximum Gasteiger partial charge on any atom is 0.157 e. The van der Waals surface area contributed by atoms with Gasteiger partial charge in [-0.3, -0.25) is 0 Å². The fourth-order valence-corrected chi connectivity index (χ4v) is 1.94. The Labute approximate surface area is 86.1 Å². The van der Waals surface area contributed by atoms with Crippen molar-refractivity contribution < 1.29 is 0 Å². The fraction of sp³-hybridized carbons (Fsp3) is 0.143. The van der Waals surface area contributed by atoms with Crippen molar-refractivity contribution in [3.05, 3.63) is 27.0 Å². The van der Waals surface area contributed by atoms with Gasteiger partial charge in [0.05, 0.1) is 6.20 Å². The molecule has 12 heavy (non-hydrogen) atoms. The summed E-state index contributed by atoms with van der Waals surface area (Å²) < 4.78 is 3.36. The van der Waals surface area contributed by atoms with E-state index in [-0.39, 0.29) is 0 Å². The van der Waals surface area contributed by atoms with Crippen molar-refractivity contribution in [3.8, 4) is 0 Å². The standard InChI is InChI=1S/C7H5Br2N3/c1-4-2-5(8)11-12-3-6(9)10-7(4)12/h2-3H,1H3. The van der Waals surface area contributed by atoms with Gasteiger partial charge in [0.15, 0.2) is 5.65 Å². The summed E-state index contributed by atoms with van der Waals surface area (Å²) in [5.74, 6) is 0. The van der Waals surface area contributed by atoms with Gasteiger partial charge in [-0.1, -0.05) is 0 Å². The van der Waals surface area contributed by atoms with Gasteiger partial charge in [0.2, 0.25) is 0 Å². The van der Waals surface area contributed by atoms with Gasteiger partial charge in [0.25, 0.3) is 0 Å². The molecule has 2 aromatic heterocycles. The zero-order valence-electron chi connectivity index (χ0n) is 6.25. The van der Waals surface area contributed by atoms with E-state index in [1.807, 2.05) is 19.2 Å². The number of aryl methyl sites for hydroxylation is 1. The topological polar surface area (TPSA) is 30.2 Å². The number of nitrogens with zero attached hydrogens (tertiary/aromatic N) is 3. The zero-order chi connectivity index (χ0) is 8.72. The van der Waals surface area contributed by atoms with Gasteiger partial charge >= 0.3 is 0 Å². The van der Waals surface area contributed by atoms with Crippen molar-refractivity contribution in [2.45, 2.75) is 6.92 Å². The van der Waals surface area contributed by atoms with E-state index in [1.165, 1.54) is 0 Å².